The normalized spacial score (nSPS) is 21.6. The molecule has 1 fully saturated rings. The monoisotopic (exact) mass is 291 g/mol. The molecule has 0 aromatic heterocycles. The van der Waals surface area contributed by atoms with Crippen LogP contribution in [-0.2, 0) is 9.59 Å². The van der Waals surface area contributed by atoms with Crippen LogP contribution in [0.2, 0.25) is 0 Å². The molecule has 1 aliphatic rings. The maximum Gasteiger partial charge on any atom is 0.239 e. The third-order valence-electron chi connectivity index (χ3n) is 3.70. The summed E-state index contributed by atoms with van der Waals surface area (Å²) in [6.45, 7) is 3.38. The van der Waals surface area contributed by atoms with Gasteiger partial charge in [0.1, 0.15) is 0 Å². The van der Waals surface area contributed by atoms with Gasteiger partial charge < -0.3 is 16.0 Å². The molecule has 0 aromatic rings. The molecule has 5 nitrogen and oxygen atoms in total. The number of amides is 2. The van der Waals surface area contributed by atoms with Crippen molar-refractivity contribution in [2.75, 3.05) is 26.7 Å². The highest BCUT2D eigenvalue weighted by atomic mass is 35.5. The van der Waals surface area contributed by atoms with Crippen molar-refractivity contribution >= 4 is 24.2 Å². The predicted molar refractivity (Wildman–Crippen MR) is 78.1 cm³/mol. The highest BCUT2D eigenvalue weighted by Gasteiger charge is 2.34. The zero-order valence-electron chi connectivity index (χ0n) is 11.9. The second-order valence-electron chi connectivity index (χ2n) is 4.97. The van der Waals surface area contributed by atoms with Crippen molar-refractivity contribution in [2.45, 2.75) is 32.6 Å². The largest absolute Gasteiger partial charge is 0.358 e. The Hall–Kier alpha value is -0.810. The zero-order chi connectivity index (χ0) is 13.5. The van der Waals surface area contributed by atoms with E-state index < -0.39 is 0 Å². The van der Waals surface area contributed by atoms with Gasteiger partial charge in [0.15, 0.2) is 0 Å². The van der Waals surface area contributed by atoms with E-state index in [1.165, 1.54) is 0 Å². The Morgan fingerprint density at radius 3 is 2.58 bits per heavy atom. The molecule has 2 atom stereocenters. The van der Waals surface area contributed by atoms with Crippen molar-refractivity contribution in [1.29, 1.82) is 0 Å². The fourth-order valence-corrected chi connectivity index (χ4v) is 2.67. The molecule has 0 aliphatic heterocycles. The topological polar surface area (TPSA) is 75.4 Å². The van der Waals surface area contributed by atoms with E-state index in [1.54, 1.807) is 11.9 Å². The average Bonchev–Trinajstić information content (AvgIpc) is 2.85. The van der Waals surface area contributed by atoms with E-state index in [0.29, 0.717) is 19.0 Å². The lowest BCUT2D eigenvalue weighted by atomic mass is 9.94. The van der Waals surface area contributed by atoms with E-state index in [4.69, 9.17) is 5.73 Å². The number of hydrogen-bond donors (Lipinski definition) is 2. The SMILES string of the molecule is CCCN(CC(=O)NC)C(=O)[C@@H]1CCC[C@@H]1CN.Cl. The zero-order valence-corrected chi connectivity index (χ0v) is 12.7. The standard InChI is InChI=1S/C13H25N3O2.ClH/c1-3-7-16(9-12(17)15-2)13(18)11-6-4-5-10(11)8-14;/h10-11H,3-9,14H2,1-2H3,(H,15,17);1H/t10-,11-;/m1./s1. The number of carbonyl (C=O) groups excluding carboxylic acids is 2. The van der Waals surface area contributed by atoms with Crippen molar-refractivity contribution < 1.29 is 9.59 Å². The molecule has 112 valence electrons. The molecule has 3 N–H and O–H groups in total. The molecule has 0 spiro atoms. The number of nitrogens with zero attached hydrogens (tertiary/aromatic N) is 1. The highest BCUT2D eigenvalue weighted by molar-refractivity contribution is 5.86. The van der Waals surface area contributed by atoms with Gasteiger partial charge in [-0.05, 0) is 31.7 Å². The molecule has 2 amide bonds. The molecule has 1 saturated carbocycles. The summed E-state index contributed by atoms with van der Waals surface area (Å²) in [5.41, 5.74) is 5.71. The van der Waals surface area contributed by atoms with Gasteiger partial charge in [-0.15, -0.1) is 12.4 Å². The molecule has 19 heavy (non-hydrogen) atoms. The molecule has 1 rings (SSSR count). The first-order chi connectivity index (χ1) is 8.63. The fraction of sp³-hybridized carbons (Fsp3) is 0.846. The fourth-order valence-electron chi connectivity index (χ4n) is 2.67. The summed E-state index contributed by atoms with van der Waals surface area (Å²) in [6, 6.07) is 0. The van der Waals surface area contributed by atoms with E-state index in [-0.39, 0.29) is 36.7 Å². The first-order valence-corrected chi connectivity index (χ1v) is 6.83. The first-order valence-electron chi connectivity index (χ1n) is 6.83. The lowest BCUT2D eigenvalue weighted by Gasteiger charge is -2.27. The number of hydrogen-bond acceptors (Lipinski definition) is 3. The third-order valence-corrected chi connectivity index (χ3v) is 3.70. The van der Waals surface area contributed by atoms with Gasteiger partial charge in [0.25, 0.3) is 0 Å². The Morgan fingerprint density at radius 2 is 2.05 bits per heavy atom. The van der Waals surface area contributed by atoms with Crippen molar-refractivity contribution in [2.24, 2.45) is 17.6 Å². The van der Waals surface area contributed by atoms with Crippen LogP contribution < -0.4 is 11.1 Å². The molecule has 0 aromatic carbocycles. The van der Waals surface area contributed by atoms with Gasteiger partial charge in [0, 0.05) is 19.5 Å². The van der Waals surface area contributed by atoms with Gasteiger partial charge in [-0.25, -0.2) is 0 Å². The van der Waals surface area contributed by atoms with Crippen molar-refractivity contribution in [3.63, 3.8) is 0 Å². The minimum Gasteiger partial charge on any atom is -0.358 e. The summed E-state index contributed by atoms with van der Waals surface area (Å²) in [4.78, 5) is 25.6. The molecule has 0 radical (unpaired) electrons. The number of nitrogens with two attached hydrogens (primary N) is 1. The summed E-state index contributed by atoms with van der Waals surface area (Å²) in [5, 5.41) is 2.57. The van der Waals surface area contributed by atoms with Crippen LogP contribution in [0.1, 0.15) is 32.6 Å². The van der Waals surface area contributed by atoms with Gasteiger partial charge in [-0.3, -0.25) is 9.59 Å². The molecular formula is C13H26ClN3O2. The smallest absolute Gasteiger partial charge is 0.239 e. The van der Waals surface area contributed by atoms with Gasteiger partial charge in [0.2, 0.25) is 11.8 Å². The lowest BCUT2D eigenvalue weighted by Crippen LogP contribution is -2.44. The van der Waals surface area contributed by atoms with E-state index in [9.17, 15) is 9.59 Å². The Bertz CT molecular complexity index is 300. The Kier molecular flexibility index (Phi) is 8.76. The quantitative estimate of drug-likeness (QED) is 0.759. The van der Waals surface area contributed by atoms with Crippen LogP contribution in [0, 0.1) is 11.8 Å². The highest BCUT2D eigenvalue weighted by Crippen LogP contribution is 2.32. The van der Waals surface area contributed by atoms with Gasteiger partial charge >= 0.3 is 0 Å². The molecule has 1 aliphatic carbocycles. The van der Waals surface area contributed by atoms with Crippen LogP contribution in [0.4, 0.5) is 0 Å². The molecule has 0 unspecified atom stereocenters. The molecule has 0 bridgehead atoms. The summed E-state index contributed by atoms with van der Waals surface area (Å²) < 4.78 is 0. The van der Waals surface area contributed by atoms with Crippen molar-refractivity contribution in [3.8, 4) is 0 Å². The number of nitrogens with one attached hydrogen (secondary N) is 1. The summed E-state index contributed by atoms with van der Waals surface area (Å²) in [7, 11) is 1.59. The van der Waals surface area contributed by atoms with Gasteiger partial charge in [-0.1, -0.05) is 13.3 Å². The van der Waals surface area contributed by atoms with Crippen LogP contribution in [0.5, 0.6) is 0 Å². The predicted octanol–water partition coefficient (Wildman–Crippen LogP) is 0.768. The van der Waals surface area contributed by atoms with Crippen LogP contribution in [0.15, 0.2) is 0 Å². The van der Waals surface area contributed by atoms with Crippen molar-refractivity contribution in [1.82, 2.24) is 10.2 Å². The first kappa shape index (κ1) is 18.2. The number of rotatable bonds is 6. The van der Waals surface area contributed by atoms with E-state index in [1.807, 2.05) is 6.92 Å². The minimum atomic E-state index is -0.112. The van der Waals surface area contributed by atoms with Crippen LogP contribution in [0.3, 0.4) is 0 Å². The van der Waals surface area contributed by atoms with Crippen LogP contribution in [0.25, 0.3) is 0 Å². The summed E-state index contributed by atoms with van der Waals surface area (Å²) in [5.74, 6) is 0.306. The maximum atomic E-state index is 12.4. The van der Waals surface area contributed by atoms with Gasteiger partial charge in [-0.2, -0.15) is 0 Å². The molecule has 0 saturated heterocycles. The Morgan fingerprint density at radius 1 is 1.37 bits per heavy atom. The average molecular weight is 292 g/mol. The minimum absolute atomic E-state index is 0. The van der Waals surface area contributed by atoms with Crippen LogP contribution >= 0.6 is 12.4 Å². The third kappa shape index (κ3) is 4.99. The van der Waals surface area contributed by atoms with E-state index in [0.717, 1.165) is 25.7 Å². The molecule has 6 heteroatoms. The van der Waals surface area contributed by atoms with E-state index in [2.05, 4.69) is 5.32 Å². The van der Waals surface area contributed by atoms with E-state index >= 15 is 0 Å². The number of halogens is 1. The van der Waals surface area contributed by atoms with Crippen molar-refractivity contribution in [3.05, 3.63) is 0 Å². The Balaban J connectivity index is 0.00000324. The second-order valence-corrected chi connectivity index (χ2v) is 4.97. The molecule has 0 heterocycles. The van der Waals surface area contributed by atoms with Gasteiger partial charge in [0.05, 0.1) is 6.54 Å². The second kappa shape index (κ2) is 9.15. The lowest BCUT2D eigenvalue weighted by molar-refractivity contribution is -0.140. The van der Waals surface area contributed by atoms with Crippen LogP contribution in [-0.4, -0.2) is 43.4 Å². The summed E-state index contributed by atoms with van der Waals surface area (Å²) in [6.07, 6.45) is 3.88. The molecular weight excluding hydrogens is 266 g/mol. The maximum absolute atomic E-state index is 12.4. The number of likely N-dealkylation sites (N-methyl/N-ethyl adjacent to an activating group) is 1. The summed E-state index contributed by atoms with van der Waals surface area (Å²) >= 11 is 0. The Labute approximate surface area is 121 Å². The number of carbonyl (C=O) groups is 2.